The van der Waals surface area contributed by atoms with Crippen molar-refractivity contribution < 1.29 is 18.3 Å². The maximum atomic E-state index is 13.3. The molecule has 0 bridgehead atoms. The number of nitrogens with one attached hydrogen (secondary N) is 2. The van der Waals surface area contributed by atoms with Gasteiger partial charge in [-0.25, -0.2) is 13.1 Å². The Balaban J connectivity index is 2.48. The second-order valence-electron chi connectivity index (χ2n) is 8.06. The van der Waals surface area contributed by atoms with E-state index in [1.165, 1.54) is 12.1 Å². The predicted octanol–water partition coefficient (Wildman–Crippen LogP) is 3.26. The summed E-state index contributed by atoms with van der Waals surface area (Å²) >= 11 is 0. The molecular formula is C23H32N2O4S. The van der Waals surface area contributed by atoms with Crippen LogP contribution in [0.3, 0.4) is 0 Å². The van der Waals surface area contributed by atoms with Gasteiger partial charge in [-0.15, -0.1) is 0 Å². The SMILES string of the molecule is CC[C@@](C)(C(=O)N[C@H](CO)C(C)C)[C@@H](NS(=O)(=O)c1ccccc1)c1ccccc1. The lowest BCUT2D eigenvalue weighted by atomic mass is 9.76. The van der Waals surface area contributed by atoms with Crippen molar-refractivity contribution in [2.24, 2.45) is 11.3 Å². The van der Waals surface area contributed by atoms with Gasteiger partial charge in [0.05, 0.1) is 29.0 Å². The number of hydrogen-bond donors (Lipinski definition) is 3. The summed E-state index contributed by atoms with van der Waals surface area (Å²) in [6.45, 7) is 7.25. The van der Waals surface area contributed by atoms with Gasteiger partial charge in [0.15, 0.2) is 0 Å². The van der Waals surface area contributed by atoms with Crippen LogP contribution in [0.25, 0.3) is 0 Å². The molecule has 2 aromatic rings. The van der Waals surface area contributed by atoms with Gasteiger partial charge in [-0.05, 0) is 37.0 Å². The normalized spacial score (nSPS) is 15.9. The molecule has 0 aliphatic heterocycles. The number of sulfonamides is 1. The molecule has 0 saturated carbocycles. The van der Waals surface area contributed by atoms with E-state index in [4.69, 9.17) is 0 Å². The maximum Gasteiger partial charge on any atom is 0.241 e. The first-order chi connectivity index (χ1) is 14.2. The molecule has 0 unspecified atom stereocenters. The number of aliphatic hydroxyl groups excluding tert-OH is 1. The zero-order valence-corrected chi connectivity index (χ0v) is 18.8. The van der Waals surface area contributed by atoms with E-state index in [2.05, 4.69) is 10.0 Å². The summed E-state index contributed by atoms with van der Waals surface area (Å²) in [5.74, 6) is -0.265. The van der Waals surface area contributed by atoms with E-state index in [9.17, 15) is 18.3 Å². The Morgan fingerprint density at radius 2 is 1.57 bits per heavy atom. The van der Waals surface area contributed by atoms with Crippen molar-refractivity contribution in [3.05, 3.63) is 66.2 Å². The summed E-state index contributed by atoms with van der Waals surface area (Å²) in [5.41, 5.74) is -0.382. The van der Waals surface area contributed by atoms with Crippen molar-refractivity contribution >= 4 is 15.9 Å². The molecule has 6 nitrogen and oxygen atoms in total. The molecule has 7 heteroatoms. The Morgan fingerprint density at radius 1 is 1.03 bits per heavy atom. The molecule has 3 atom stereocenters. The first-order valence-electron chi connectivity index (χ1n) is 10.2. The van der Waals surface area contributed by atoms with Crippen molar-refractivity contribution in [1.82, 2.24) is 10.0 Å². The lowest BCUT2D eigenvalue weighted by Crippen LogP contribution is -2.52. The number of amides is 1. The number of carbonyl (C=O) groups excluding carboxylic acids is 1. The van der Waals surface area contributed by atoms with Crippen molar-refractivity contribution in [2.45, 2.75) is 51.1 Å². The van der Waals surface area contributed by atoms with Crippen LogP contribution in [0.1, 0.15) is 45.7 Å². The molecule has 164 valence electrons. The molecule has 0 heterocycles. The summed E-state index contributed by atoms with van der Waals surface area (Å²) in [4.78, 5) is 13.5. The van der Waals surface area contributed by atoms with Crippen LogP contribution in [-0.2, 0) is 14.8 Å². The van der Waals surface area contributed by atoms with Crippen LogP contribution in [0.15, 0.2) is 65.6 Å². The van der Waals surface area contributed by atoms with E-state index in [0.29, 0.717) is 12.0 Å². The van der Waals surface area contributed by atoms with E-state index in [-0.39, 0.29) is 23.3 Å². The number of aliphatic hydroxyl groups is 1. The first-order valence-corrected chi connectivity index (χ1v) is 11.7. The van der Waals surface area contributed by atoms with Gasteiger partial charge in [0.2, 0.25) is 15.9 Å². The standard InChI is InChI=1S/C23H32N2O4S/c1-5-23(4,22(27)24-20(16-26)17(2)3)21(18-12-8-6-9-13-18)25-30(28,29)19-14-10-7-11-15-19/h6-15,17,20-21,25-26H,5,16H2,1-4H3,(H,24,27)/t20-,21+,23-/m1/s1. The van der Waals surface area contributed by atoms with Crippen LogP contribution in [0.5, 0.6) is 0 Å². The Morgan fingerprint density at radius 3 is 2.03 bits per heavy atom. The van der Waals surface area contributed by atoms with Crippen LogP contribution in [-0.4, -0.2) is 32.1 Å². The van der Waals surface area contributed by atoms with E-state index in [0.717, 1.165) is 0 Å². The number of benzene rings is 2. The van der Waals surface area contributed by atoms with Gasteiger partial charge in [-0.3, -0.25) is 4.79 Å². The van der Waals surface area contributed by atoms with Gasteiger partial charge >= 0.3 is 0 Å². The molecule has 0 aliphatic carbocycles. The fraction of sp³-hybridized carbons (Fsp3) is 0.435. The molecule has 0 aromatic heterocycles. The van der Waals surface area contributed by atoms with Crippen LogP contribution in [0.2, 0.25) is 0 Å². The summed E-state index contributed by atoms with van der Waals surface area (Å²) in [7, 11) is -3.86. The van der Waals surface area contributed by atoms with Gasteiger partial charge in [0.1, 0.15) is 0 Å². The Kier molecular flexibility index (Phi) is 8.18. The Hall–Kier alpha value is -2.22. The summed E-state index contributed by atoms with van der Waals surface area (Å²) in [6, 6.07) is 16.0. The molecule has 3 N–H and O–H groups in total. The monoisotopic (exact) mass is 432 g/mol. The summed E-state index contributed by atoms with van der Waals surface area (Å²) in [6.07, 6.45) is 0.395. The van der Waals surface area contributed by atoms with E-state index >= 15 is 0 Å². The maximum absolute atomic E-state index is 13.3. The minimum absolute atomic E-state index is 0.0382. The zero-order valence-electron chi connectivity index (χ0n) is 18.0. The molecule has 30 heavy (non-hydrogen) atoms. The molecule has 0 radical (unpaired) electrons. The molecule has 0 spiro atoms. The van der Waals surface area contributed by atoms with Gasteiger partial charge in [0.25, 0.3) is 0 Å². The minimum atomic E-state index is -3.86. The number of rotatable bonds is 10. The molecule has 0 fully saturated rings. The highest BCUT2D eigenvalue weighted by molar-refractivity contribution is 7.89. The lowest BCUT2D eigenvalue weighted by Gasteiger charge is -2.38. The van der Waals surface area contributed by atoms with Gasteiger partial charge in [0, 0.05) is 0 Å². The third-order valence-electron chi connectivity index (χ3n) is 5.67. The van der Waals surface area contributed by atoms with E-state index in [1.54, 1.807) is 25.1 Å². The van der Waals surface area contributed by atoms with Crippen molar-refractivity contribution in [3.63, 3.8) is 0 Å². The highest BCUT2D eigenvalue weighted by Crippen LogP contribution is 2.38. The van der Waals surface area contributed by atoms with Gasteiger partial charge in [-0.2, -0.15) is 0 Å². The smallest absolute Gasteiger partial charge is 0.241 e. The van der Waals surface area contributed by atoms with Crippen molar-refractivity contribution in [2.75, 3.05) is 6.61 Å². The second kappa shape index (κ2) is 10.2. The Bertz CT molecular complexity index is 917. The average molecular weight is 433 g/mol. The minimum Gasteiger partial charge on any atom is -0.394 e. The fourth-order valence-corrected chi connectivity index (χ4v) is 4.64. The second-order valence-corrected chi connectivity index (χ2v) is 9.77. The van der Waals surface area contributed by atoms with Crippen LogP contribution in [0.4, 0.5) is 0 Å². The van der Waals surface area contributed by atoms with E-state index in [1.807, 2.05) is 51.1 Å². The van der Waals surface area contributed by atoms with Crippen LogP contribution in [0, 0.1) is 11.3 Å². The molecule has 2 rings (SSSR count). The van der Waals surface area contributed by atoms with Crippen molar-refractivity contribution in [3.8, 4) is 0 Å². The topological polar surface area (TPSA) is 95.5 Å². The number of hydrogen-bond acceptors (Lipinski definition) is 4. The Labute approximate surface area is 179 Å². The van der Waals surface area contributed by atoms with Gasteiger partial charge in [-0.1, -0.05) is 69.3 Å². The highest BCUT2D eigenvalue weighted by atomic mass is 32.2. The molecular weight excluding hydrogens is 400 g/mol. The molecule has 0 saturated heterocycles. The molecule has 0 aliphatic rings. The molecule has 2 aromatic carbocycles. The van der Waals surface area contributed by atoms with Crippen LogP contribution >= 0.6 is 0 Å². The number of carbonyl (C=O) groups is 1. The predicted molar refractivity (Wildman–Crippen MR) is 118 cm³/mol. The highest BCUT2D eigenvalue weighted by Gasteiger charge is 2.43. The fourth-order valence-electron chi connectivity index (χ4n) is 3.29. The quantitative estimate of drug-likeness (QED) is 0.537. The van der Waals surface area contributed by atoms with Gasteiger partial charge < -0.3 is 10.4 Å². The van der Waals surface area contributed by atoms with Crippen molar-refractivity contribution in [1.29, 1.82) is 0 Å². The first kappa shape index (κ1) is 24.1. The van der Waals surface area contributed by atoms with E-state index < -0.39 is 27.5 Å². The average Bonchev–Trinajstić information content (AvgIpc) is 2.76. The lowest BCUT2D eigenvalue weighted by molar-refractivity contribution is -0.133. The summed E-state index contributed by atoms with van der Waals surface area (Å²) < 4.78 is 29.0. The zero-order chi connectivity index (χ0) is 22.4. The largest absolute Gasteiger partial charge is 0.394 e. The third-order valence-corrected chi connectivity index (χ3v) is 7.11. The third kappa shape index (κ3) is 5.47. The molecule has 1 amide bonds. The van der Waals surface area contributed by atoms with Crippen LogP contribution < -0.4 is 10.0 Å². The summed E-state index contributed by atoms with van der Waals surface area (Å²) in [5, 5.41) is 12.6.